The van der Waals surface area contributed by atoms with Crippen LogP contribution in [0.1, 0.15) is 10.4 Å². The number of carbonyl (C=O) groups is 1. The van der Waals surface area contributed by atoms with Crippen LogP contribution in [0.25, 0.3) is 11.1 Å². The highest BCUT2D eigenvalue weighted by molar-refractivity contribution is 5.76. The number of anilines is 1. The number of nitrogens with zero attached hydrogens (tertiary/aromatic N) is 2. The largest absolute Gasteiger partial charge is 0.298 e. The lowest BCUT2D eigenvalue weighted by Gasteiger charge is -2.03. The molecule has 0 atom stereocenters. The molecule has 0 radical (unpaired) electrons. The zero-order valence-corrected chi connectivity index (χ0v) is 11.3. The molecular weight excluding hydrogens is 262 g/mol. The minimum Gasteiger partial charge on any atom is -0.298 e. The van der Waals surface area contributed by atoms with Gasteiger partial charge in [0.1, 0.15) is 6.29 Å². The lowest BCUT2D eigenvalue weighted by Crippen LogP contribution is -2.41. The molecule has 0 saturated carbocycles. The second-order valence-electron chi connectivity index (χ2n) is 4.57. The Morgan fingerprint density at radius 2 is 1.62 bits per heavy atom. The summed E-state index contributed by atoms with van der Waals surface area (Å²) in [5.74, 6) is 0.763. The van der Waals surface area contributed by atoms with Crippen LogP contribution in [-0.4, -0.2) is 11.3 Å². The quantitative estimate of drug-likeness (QED) is 0.588. The van der Waals surface area contributed by atoms with Gasteiger partial charge in [0.15, 0.2) is 18.2 Å². The van der Waals surface area contributed by atoms with Crippen LogP contribution in [-0.2, 0) is 0 Å². The average Bonchev–Trinajstić information content (AvgIpc) is 2.57. The highest BCUT2D eigenvalue weighted by atomic mass is 16.1. The predicted molar refractivity (Wildman–Crippen MR) is 80.7 cm³/mol. The third-order valence-corrected chi connectivity index (χ3v) is 3.10. The van der Waals surface area contributed by atoms with E-state index in [4.69, 9.17) is 0 Å². The van der Waals surface area contributed by atoms with Crippen molar-refractivity contribution in [3.63, 3.8) is 0 Å². The van der Waals surface area contributed by atoms with Crippen molar-refractivity contribution in [1.29, 1.82) is 0 Å². The van der Waals surface area contributed by atoms with Gasteiger partial charge in [0.2, 0.25) is 0 Å². The van der Waals surface area contributed by atoms with Crippen LogP contribution >= 0.6 is 0 Å². The minimum absolute atomic E-state index is 0.672. The van der Waals surface area contributed by atoms with Crippen molar-refractivity contribution >= 4 is 12.1 Å². The van der Waals surface area contributed by atoms with Crippen LogP contribution in [0.15, 0.2) is 73.2 Å². The lowest BCUT2D eigenvalue weighted by molar-refractivity contribution is -0.643. The molecule has 0 aliphatic heterocycles. The molecule has 0 aliphatic rings. The number of benzene rings is 1. The van der Waals surface area contributed by atoms with Crippen LogP contribution in [0, 0.1) is 0 Å². The van der Waals surface area contributed by atoms with Crippen molar-refractivity contribution in [2.75, 3.05) is 5.43 Å². The monoisotopic (exact) mass is 276 g/mol. The molecule has 0 bridgehead atoms. The third-order valence-electron chi connectivity index (χ3n) is 3.10. The van der Waals surface area contributed by atoms with Crippen LogP contribution in [0.4, 0.5) is 5.82 Å². The molecule has 0 spiro atoms. The Labute approximate surface area is 122 Å². The molecule has 0 fully saturated rings. The van der Waals surface area contributed by atoms with E-state index in [1.807, 2.05) is 65.7 Å². The van der Waals surface area contributed by atoms with Crippen molar-refractivity contribution in [2.24, 2.45) is 0 Å². The summed E-state index contributed by atoms with van der Waals surface area (Å²) in [6.07, 6.45) is 6.47. The Morgan fingerprint density at radius 1 is 0.905 bits per heavy atom. The zero-order chi connectivity index (χ0) is 14.5. The first-order chi connectivity index (χ1) is 10.3. The Kier molecular flexibility index (Phi) is 3.69. The maximum absolute atomic E-state index is 10.6. The molecule has 102 valence electrons. The standard InChI is InChI=1S/C17H13N3O/c21-13-14-4-6-15(7-5-14)16-8-9-17(18-12-16)19-20-10-2-1-3-11-20/h1-13H/p+1. The summed E-state index contributed by atoms with van der Waals surface area (Å²) in [6.45, 7) is 0. The Balaban J connectivity index is 1.78. The third kappa shape index (κ3) is 3.12. The highest BCUT2D eigenvalue weighted by Gasteiger charge is 2.02. The molecule has 1 aromatic carbocycles. The van der Waals surface area contributed by atoms with Gasteiger partial charge in [-0.15, -0.1) is 5.43 Å². The maximum Gasteiger partial charge on any atom is 0.199 e. The van der Waals surface area contributed by atoms with Gasteiger partial charge in [-0.1, -0.05) is 35.0 Å². The van der Waals surface area contributed by atoms with Gasteiger partial charge in [-0.2, -0.15) is 0 Å². The molecule has 0 saturated heterocycles. The fourth-order valence-electron chi connectivity index (χ4n) is 1.99. The number of pyridine rings is 2. The normalized spacial score (nSPS) is 10.1. The van der Waals surface area contributed by atoms with E-state index >= 15 is 0 Å². The van der Waals surface area contributed by atoms with Crippen LogP contribution in [0.2, 0.25) is 0 Å². The molecular formula is C17H14N3O+. The Hall–Kier alpha value is -3.01. The molecule has 1 N–H and O–H groups in total. The number of rotatable bonds is 4. The van der Waals surface area contributed by atoms with E-state index in [-0.39, 0.29) is 0 Å². The average molecular weight is 276 g/mol. The molecule has 0 aliphatic carbocycles. The van der Waals surface area contributed by atoms with E-state index in [0.717, 1.165) is 23.2 Å². The van der Waals surface area contributed by atoms with Gasteiger partial charge in [0, 0.05) is 29.5 Å². The van der Waals surface area contributed by atoms with Crippen molar-refractivity contribution in [3.05, 3.63) is 78.8 Å². The van der Waals surface area contributed by atoms with Gasteiger partial charge < -0.3 is 0 Å². The Bertz CT molecular complexity index is 722. The van der Waals surface area contributed by atoms with E-state index in [9.17, 15) is 4.79 Å². The number of nitrogens with one attached hydrogen (secondary N) is 1. The maximum atomic E-state index is 10.6. The molecule has 2 heterocycles. The molecule has 21 heavy (non-hydrogen) atoms. The first-order valence-electron chi connectivity index (χ1n) is 6.60. The number of aldehydes is 1. The van der Waals surface area contributed by atoms with Crippen molar-refractivity contribution in [2.45, 2.75) is 0 Å². The number of carbonyl (C=O) groups excluding carboxylic acids is 1. The van der Waals surface area contributed by atoms with Gasteiger partial charge in [0.05, 0.1) is 0 Å². The molecule has 3 rings (SSSR count). The van der Waals surface area contributed by atoms with Crippen molar-refractivity contribution < 1.29 is 9.47 Å². The van der Waals surface area contributed by atoms with Gasteiger partial charge >= 0.3 is 0 Å². The molecule has 4 nitrogen and oxygen atoms in total. The molecule has 4 heteroatoms. The first kappa shape index (κ1) is 13.0. The smallest absolute Gasteiger partial charge is 0.199 e. The van der Waals surface area contributed by atoms with E-state index in [0.29, 0.717) is 5.56 Å². The topological polar surface area (TPSA) is 45.9 Å². The van der Waals surface area contributed by atoms with Gasteiger partial charge in [-0.3, -0.25) is 4.79 Å². The summed E-state index contributed by atoms with van der Waals surface area (Å²) in [4.78, 5) is 15.0. The molecule has 3 aromatic rings. The fraction of sp³-hybridized carbons (Fsp3) is 0. The van der Waals surface area contributed by atoms with E-state index in [2.05, 4.69) is 10.4 Å². The van der Waals surface area contributed by atoms with E-state index in [1.54, 1.807) is 12.1 Å². The van der Waals surface area contributed by atoms with E-state index in [1.165, 1.54) is 0 Å². The summed E-state index contributed by atoms with van der Waals surface area (Å²) in [7, 11) is 0. The van der Waals surface area contributed by atoms with Crippen molar-refractivity contribution in [3.8, 4) is 11.1 Å². The summed E-state index contributed by atoms with van der Waals surface area (Å²) in [5, 5.41) is 0. The molecule has 0 unspecified atom stereocenters. The van der Waals surface area contributed by atoms with Crippen LogP contribution in [0.3, 0.4) is 0 Å². The summed E-state index contributed by atoms with van der Waals surface area (Å²) < 4.78 is 1.83. The van der Waals surface area contributed by atoms with Gasteiger partial charge in [0.25, 0.3) is 0 Å². The summed E-state index contributed by atoms with van der Waals surface area (Å²) in [6, 6.07) is 17.2. The van der Waals surface area contributed by atoms with Gasteiger partial charge in [-0.05, 0) is 17.7 Å². The van der Waals surface area contributed by atoms with E-state index < -0.39 is 0 Å². The SMILES string of the molecule is O=Cc1ccc(-c2ccc(N[n+]3ccccc3)nc2)cc1. The van der Waals surface area contributed by atoms with Crippen LogP contribution < -0.4 is 10.1 Å². The Morgan fingerprint density at radius 3 is 2.24 bits per heavy atom. The molecule has 2 aromatic heterocycles. The minimum atomic E-state index is 0.672. The number of hydrogen-bond donors (Lipinski definition) is 1. The molecule has 0 amide bonds. The van der Waals surface area contributed by atoms with Crippen molar-refractivity contribution in [1.82, 2.24) is 4.98 Å². The lowest BCUT2D eigenvalue weighted by atomic mass is 10.1. The second-order valence-corrected chi connectivity index (χ2v) is 4.57. The predicted octanol–water partition coefficient (Wildman–Crippen LogP) is 2.72. The summed E-state index contributed by atoms with van der Waals surface area (Å²) >= 11 is 0. The summed E-state index contributed by atoms with van der Waals surface area (Å²) in [5.41, 5.74) is 5.88. The second kappa shape index (κ2) is 5.96. The van der Waals surface area contributed by atoms with Crippen LogP contribution in [0.5, 0.6) is 0 Å². The number of hydrogen-bond acceptors (Lipinski definition) is 3. The highest BCUT2D eigenvalue weighted by Crippen LogP contribution is 2.19. The number of aromatic nitrogens is 2. The fourth-order valence-corrected chi connectivity index (χ4v) is 1.99. The zero-order valence-electron chi connectivity index (χ0n) is 11.3. The first-order valence-corrected chi connectivity index (χ1v) is 6.60. The van der Waals surface area contributed by atoms with Gasteiger partial charge in [-0.25, -0.2) is 4.98 Å².